The van der Waals surface area contributed by atoms with Crippen molar-refractivity contribution in [3.05, 3.63) is 24.5 Å². The van der Waals surface area contributed by atoms with Crippen molar-refractivity contribution in [2.75, 3.05) is 20.8 Å². The quantitative estimate of drug-likeness (QED) is 0.814. The summed E-state index contributed by atoms with van der Waals surface area (Å²) in [6, 6.07) is 3.83. The Labute approximate surface area is 119 Å². The third-order valence-electron chi connectivity index (χ3n) is 2.99. The van der Waals surface area contributed by atoms with Crippen LogP contribution in [0.2, 0.25) is 0 Å². The van der Waals surface area contributed by atoms with Gasteiger partial charge in [-0.3, -0.25) is 0 Å². The Morgan fingerprint density at radius 2 is 1.80 bits per heavy atom. The zero-order valence-electron chi connectivity index (χ0n) is 12.3. The van der Waals surface area contributed by atoms with Crippen LogP contribution in [-0.2, 0) is 7.05 Å². The number of aryl methyl sites for hydroxylation is 1. The number of hydrogen-bond acceptors (Lipinski definition) is 4. The monoisotopic (exact) mass is 276 g/mol. The van der Waals surface area contributed by atoms with Gasteiger partial charge in [0, 0.05) is 25.0 Å². The average Bonchev–Trinajstić information content (AvgIpc) is 2.90. The molecule has 2 aromatic rings. The number of aromatic nitrogens is 2. The first-order chi connectivity index (χ1) is 9.71. The lowest BCUT2D eigenvalue weighted by Crippen LogP contribution is -2.01. The van der Waals surface area contributed by atoms with Gasteiger partial charge in [0.1, 0.15) is 5.82 Å². The van der Waals surface area contributed by atoms with E-state index < -0.39 is 0 Å². The second-order valence-corrected chi connectivity index (χ2v) is 4.42. The molecule has 20 heavy (non-hydrogen) atoms. The van der Waals surface area contributed by atoms with E-state index in [1.807, 2.05) is 29.9 Å². The molecule has 1 aromatic carbocycles. The maximum Gasteiger partial charge on any atom is 0.203 e. The molecule has 0 atom stereocenters. The summed E-state index contributed by atoms with van der Waals surface area (Å²) < 4.78 is 18.5. The summed E-state index contributed by atoms with van der Waals surface area (Å²) in [6.07, 6.45) is 4.58. The highest BCUT2D eigenvalue weighted by Gasteiger charge is 2.16. The van der Waals surface area contributed by atoms with Gasteiger partial charge in [-0.15, -0.1) is 0 Å². The van der Waals surface area contributed by atoms with Crippen LogP contribution < -0.4 is 14.2 Å². The highest BCUT2D eigenvalue weighted by Crippen LogP contribution is 2.41. The maximum atomic E-state index is 5.72. The average molecular weight is 276 g/mol. The minimum Gasteiger partial charge on any atom is -0.493 e. The fourth-order valence-corrected chi connectivity index (χ4v) is 2.00. The molecule has 0 saturated carbocycles. The summed E-state index contributed by atoms with van der Waals surface area (Å²) in [5.41, 5.74) is 0.926. The molecule has 1 heterocycles. The fourth-order valence-electron chi connectivity index (χ4n) is 2.00. The van der Waals surface area contributed by atoms with Gasteiger partial charge in [-0.25, -0.2) is 4.98 Å². The Kier molecular flexibility index (Phi) is 4.50. The molecule has 1 aromatic heterocycles. The van der Waals surface area contributed by atoms with E-state index in [0.717, 1.165) is 17.8 Å². The number of ether oxygens (including phenoxy) is 3. The Morgan fingerprint density at radius 3 is 2.25 bits per heavy atom. The van der Waals surface area contributed by atoms with Gasteiger partial charge in [0.05, 0.1) is 20.8 Å². The number of hydrogen-bond donors (Lipinski definition) is 0. The molecule has 0 aliphatic carbocycles. The molecule has 0 aliphatic heterocycles. The van der Waals surface area contributed by atoms with E-state index in [0.29, 0.717) is 23.9 Å². The second-order valence-electron chi connectivity index (χ2n) is 4.42. The smallest absolute Gasteiger partial charge is 0.203 e. The summed E-state index contributed by atoms with van der Waals surface area (Å²) in [4.78, 5) is 4.34. The number of nitrogens with zero attached hydrogens (tertiary/aromatic N) is 2. The van der Waals surface area contributed by atoms with E-state index >= 15 is 0 Å². The van der Waals surface area contributed by atoms with Crippen LogP contribution >= 0.6 is 0 Å². The lowest BCUT2D eigenvalue weighted by atomic mass is 10.1. The van der Waals surface area contributed by atoms with Crippen molar-refractivity contribution in [3.8, 4) is 28.6 Å². The van der Waals surface area contributed by atoms with Crippen LogP contribution in [0.3, 0.4) is 0 Å². The van der Waals surface area contributed by atoms with E-state index in [1.54, 1.807) is 20.4 Å². The molecule has 108 valence electrons. The van der Waals surface area contributed by atoms with Crippen LogP contribution in [0.15, 0.2) is 24.5 Å². The number of benzene rings is 1. The Hall–Kier alpha value is -2.17. The molecule has 0 radical (unpaired) electrons. The standard InChI is InChI=1S/C15H20N2O3/c1-5-8-20-14-12(18-3)9-11(10-13(14)19-4)15-16-6-7-17(15)2/h6-7,9-10H,5,8H2,1-4H3. The van der Waals surface area contributed by atoms with Crippen molar-refractivity contribution in [2.24, 2.45) is 7.05 Å². The van der Waals surface area contributed by atoms with Crippen molar-refractivity contribution >= 4 is 0 Å². The van der Waals surface area contributed by atoms with Crippen LogP contribution in [0, 0.1) is 0 Å². The highest BCUT2D eigenvalue weighted by atomic mass is 16.5. The maximum absolute atomic E-state index is 5.72. The van der Waals surface area contributed by atoms with Crippen LogP contribution in [-0.4, -0.2) is 30.4 Å². The van der Waals surface area contributed by atoms with Crippen molar-refractivity contribution < 1.29 is 14.2 Å². The minimum atomic E-state index is 0.620. The first-order valence-corrected chi connectivity index (χ1v) is 6.57. The highest BCUT2D eigenvalue weighted by molar-refractivity contribution is 5.67. The molecule has 0 unspecified atom stereocenters. The molecule has 0 saturated heterocycles. The molecular formula is C15H20N2O3. The summed E-state index contributed by atoms with van der Waals surface area (Å²) >= 11 is 0. The van der Waals surface area contributed by atoms with Gasteiger partial charge in [0.25, 0.3) is 0 Å². The van der Waals surface area contributed by atoms with Gasteiger partial charge in [-0.1, -0.05) is 6.92 Å². The van der Waals surface area contributed by atoms with E-state index in [9.17, 15) is 0 Å². The summed E-state index contributed by atoms with van der Waals surface area (Å²) in [6.45, 7) is 2.68. The third kappa shape index (κ3) is 2.71. The van der Waals surface area contributed by atoms with Crippen molar-refractivity contribution in [1.82, 2.24) is 9.55 Å². The molecule has 0 spiro atoms. The molecule has 0 N–H and O–H groups in total. The van der Waals surface area contributed by atoms with Crippen LogP contribution in [0.5, 0.6) is 17.2 Å². The van der Waals surface area contributed by atoms with Gasteiger partial charge in [-0.2, -0.15) is 0 Å². The van der Waals surface area contributed by atoms with Gasteiger partial charge in [-0.05, 0) is 18.6 Å². The molecule has 5 nitrogen and oxygen atoms in total. The van der Waals surface area contributed by atoms with Crippen molar-refractivity contribution in [2.45, 2.75) is 13.3 Å². The van der Waals surface area contributed by atoms with E-state index in [2.05, 4.69) is 11.9 Å². The molecule has 2 rings (SSSR count). The molecule has 5 heteroatoms. The van der Waals surface area contributed by atoms with E-state index in [1.165, 1.54) is 0 Å². The van der Waals surface area contributed by atoms with Gasteiger partial charge < -0.3 is 18.8 Å². The van der Waals surface area contributed by atoms with Crippen LogP contribution in [0.4, 0.5) is 0 Å². The number of rotatable bonds is 6. The second kappa shape index (κ2) is 6.32. The molecule has 0 fully saturated rings. The first-order valence-electron chi connectivity index (χ1n) is 6.57. The normalized spacial score (nSPS) is 10.4. The minimum absolute atomic E-state index is 0.620. The van der Waals surface area contributed by atoms with Crippen molar-refractivity contribution in [1.29, 1.82) is 0 Å². The van der Waals surface area contributed by atoms with Crippen LogP contribution in [0.25, 0.3) is 11.4 Å². The third-order valence-corrected chi connectivity index (χ3v) is 2.99. The molecule has 0 aliphatic rings. The van der Waals surface area contributed by atoms with Crippen LogP contribution in [0.1, 0.15) is 13.3 Å². The number of imidazole rings is 1. The largest absolute Gasteiger partial charge is 0.493 e. The fraction of sp³-hybridized carbons (Fsp3) is 0.400. The predicted octanol–water partition coefficient (Wildman–Crippen LogP) is 2.89. The zero-order valence-corrected chi connectivity index (χ0v) is 12.3. The topological polar surface area (TPSA) is 45.5 Å². The summed E-state index contributed by atoms with van der Waals surface area (Å²) in [5.74, 6) is 2.78. The van der Waals surface area contributed by atoms with Crippen molar-refractivity contribution in [3.63, 3.8) is 0 Å². The Balaban J connectivity index is 2.49. The predicted molar refractivity (Wildman–Crippen MR) is 77.5 cm³/mol. The van der Waals surface area contributed by atoms with Gasteiger partial charge in [0.15, 0.2) is 11.5 Å². The Morgan fingerprint density at radius 1 is 1.15 bits per heavy atom. The molecular weight excluding hydrogens is 256 g/mol. The zero-order chi connectivity index (χ0) is 14.5. The lowest BCUT2D eigenvalue weighted by molar-refractivity contribution is 0.275. The lowest BCUT2D eigenvalue weighted by Gasteiger charge is -2.15. The summed E-state index contributed by atoms with van der Waals surface area (Å²) in [7, 11) is 5.19. The molecule has 0 bridgehead atoms. The molecule has 0 amide bonds. The van der Waals surface area contributed by atoms with E-state index in [-0.39, 0.29) is 0 Å². The van der Waals surface area contributed by atoms with Gasteiger partial charge in [0.2, 0.25) is 5.75 Å². The summed E-state index contributed by atoms with van der Waals surface area (Å²) in [5, 5.41) is 0. The van der Waals surface area contributed by atoms with E-state index in [4.69, 9.17) is 14.2 Å². The Bertz CT molecular complexity index is 553. The number of methoxy groups -OCH3 is 2. The first kappa shape index (κ1) is 14.2. The van der Waals surface area contributed by atoms with Gasteiger partial charge >= 0.3 is 0 Å². The SMILES string of the molecule is CCCOc1c(OC)cc(-c2nccn2C)cc1OC.